The van der Waals surface area contributed by atoms with Gasteiger partial charge in [-0.2, -0.15) is 0 Å². The molecule has 1 aliphatic heterocycles. The summed E-state index contributed by atoms with van der Waals surface area (Å²) in [6.07, 6.45) is 1.13. The van der Waals surface area contributed by atoms with Crippen molar-refractivity contribution < 1.29 is 9.47 Å². The zero-order chi connectivity index (χ0) is 18.2. The number of para-hydroxylation sites is 1. The molecule has 1 atom stereocenters. The van der Waals surface area contributed by atoms with Gasteiger partial charge in [0.25, 0.3) is 0 Å². The van der Waals surface area contributed by atoms with E-state index < -0.39 is 0 Å². The Labute approximate surface area is 155 Å². The maximum atomic E-state index is 5.73. The Hall–Kier alpha value is -2.69. The van der Waals surface area contributed by atoms with Crippen molar-refractivity contribution >= 4 is 5.96 Å². The Kier molecular flexibility index (Phi) is 6.36. The average Bonchev–Trinajstić information content (AvgIpc) is 3.19. The van der Waals surface area contributed by atoms with Gasteiger partial charge in [0.05, 0.1) is 13.7 Å². The van der Waals surface area contributed by atoms with Crippen LogP contribution in [0.3, 0.4) is 0 Å². The lowest BCUT2D eigenvalue weighted by Gasteiger charge is -2.22. The lowest BCUT2D eigenvalue weighted by atomic mass is 9.98. The van der Waals surface area contributed by atoms with E-state index in [-0.39, 0.29) is 0 Å². The van der Waals surface area contributed by atoms with Crippen LogP contribution in [0.5, 0.6) is 11.5 Å². The van der Waals surface area contributed by atoms with Gasteiger partial charge in [0.2, 0.25) is 0 Å². The quantitative estimate of drug-likeness (QED) is 0.492. The van der Waals surface area contributed by atoms with Crippen molar-refractivity contribution in [2.24, 2.45) is 4.99 Å². The molecule has 2 aromatic carbocycles. The molecule has 1 aliphatic rings. The lowest BCUT2D eigenvalue weighted by molar-refractivity contribution is 0.319. The van der Waals surface area contributed by atoms with Gasteiger partial charge in [0.15, 0.2) is 5.96 Å². The Balaban J connectivity index is 1.46. The molecule has 2 aromatic rings. The zero-order valence-electron chi connectivity index (χ0n) is 15.5. The molecule has 1 fully saturated rings. The minimum atomic E-state index is 0.528. The van der Waals surface area contributed by atoms with Crippen LogP contribution in [0.15, 0.2) is 59.6 Å². The SMILES string of the molecule is CN=C(NCCOc1ccccc1)N1CCC(c2ccc(OC)cc2)C1. The highest BCUT2D eigenvalue weighted by atomic mass is 16.5. The first-order valence-corrected chi connectivity index (χ1v) is 9.07. The van der Waals surface area contributed by atoms with Crippen molar-refractivity contribution in [3.8, 4) is 11.5 Å². The fourth-order valence-electron chi connectivity index (χ4n) is 3.28. The summed E-state index contributed by atoms with van der Waals surface area (Å²) >= 11 is 0. The van der Waals surface area contributed by atoms with Crippen molar-refractivity contribution in [1.82, 2.24) is 10.2 Å². The number of rotatable bonds is 6. The second-order valence-electron chi connectivity index (χ2n) is 6.34. The molecule has 1 N–H and O–H groups in total. The molecule has 1 saturated heterocycles. The van der Waals surface area contributed by atoms with E-state index in [1.165, 1.54) is 5.56 Å². The van der Waals surface area contributed by atoms with E-state index in [4.69, 9.17) is 9.47 Å². The maximum Gasteiger partial charge on any atom is 0.193 e. The Morgan fingerprint density at radius 2 is 1.88 bits per heavy atom. The number of aliphatic imine (C=N–C) groups is 1. The van der Waals surface area contributed by atoms with Crippen molar-refractivity contribution in [3.05, 3.63) is 60.2 Å². The van der Waals surface area contributed by atoms with Gasteiger partial charge in [-0.05, 0) is 36.2 Å². The second kappa shape index (κ2) is 9.13. The van der Waals surface area contributed by atoms with Gasteiger partial charge in [-0.1, -0.05) is 30.3 Å². The number of guanidine groups is 1. The number of likely N-dealkylation sites (tertiary alicyclic amines) is 1. The Morgan fingerprint density at radius 3 is 2.58 bits per heavy atom. The van der Waals surface area contributed by atoms with Crippen molar-refractivity contribution in [2.75, 3.05) is 40.4 Å². The number of hydrogen-bond donors (Lipinski definition) is 1. The molecule has 1 heterocycles. The van der Waals surface area contributed by atoms with Crippen LogP contribution in [0.25, 0.3) is 0 Å². The summed E-state index contributed by atoms with van der Waals surface area (Å²) in [5.41, 5.74) is 1.36. The monoisotopic (exact) mass is 353 g/mol. The van der Waals surface area contributed by atoms with Gasteiger partial charge < -0.3 is 19.7 Å². The smallest absolute Gasteiger partial charge is 0.193 e. The van der Waals surface area contributed by atoms with Crippen LogP contribution in [0.4, 0.5) is 0 Å². The van der Waals surface area contributed by atoms with E-state index in [1.807, 2.05) is 49.5 Å². The van der Waals surface area contributed by atoms with Gasteiger partial charge in [0.1, 0.15) is 18.1 Å². The van der Waals surface area contributed by atoms with E-state index in [2.05, 4.69) is 27.3 Å². The molecule has 138 valence electrons. The number of ether oxygens (including phenoxy) is 2. The summed E-state index contributed by atoms with van der Waals surface area (Å²) in [5, 5.41) is 3.40. The van der Waals surface area contributed by atoms with Crippen LogP contribution >= 0.6 is 0 Å². The van der Waals surface area contributed by atoms with E-state index in [9.17, 15) is 0 Å². The first-order valence-electron chi connectivity index (χ1n) is 9.07. The molecule has 0 bridgehead atoms. The van der Waals surface area contributed by atoms with Crippen LogP contribution in [0.1, 0.15) is 17.9 Å². The Morgan fingerprint density at radius 1 is 1.12 bits per heavy atom. The first kappa shape index (κ1) is 18.1. The molecule has 0 aliphatic carbocycles. The van der Waals surface area contributed by atoms with Crippen molar-refractivity contribution in [2.45, 2.75) is 12.3 Å². The van der Waals surface area contributed by atoms with Gasteiger partial charge in [-0.25, -0.2) is 0 Å². The molecule has 26 heavy (non-hydrogen) atoms. The molecule has 5 nitrogen and oxygen atoms in total. The van der Waals surface area contributed by atoms with Gasteiger partial charge in [-0.15, -0.1) is 0 Å². The number of nitrogens with zero attached hydrogens (tertiary/aromatic N) is 2. The van der Waals surface area contributed by atoms with Crippen LogP contribution < -0.4 is 14.8 Å². The molecule has 1 unspecified atom stereocenters. The van der Waals surface area contributed by atoms with E-state index in [0.29, 0.717) is 12.5 Å². The number of benzene rings is 2. The Bertz CT molecular complexity index is 701. The third-order valence-electron chi connectivity index (χ3n) is 4.68. The van der Waals surface area contributed by atoms with Crippen molar-refractivity contribution in [1.29, 1.82) is 0 Å². The topological polar surface area (TPSA) is 46.1 Å². The molecule has 0 radical (unpaired) electrons. The minimum absolute atomic E-state index is 0.528. The normalized spacial score (nSPS) is 17.2. The van der Waals surface area contributed by atoms with Crippen molar-refractivity contribution in [3.63, 3.8) is 0 Å². The molecule has 5 heteroatoms. The zero-order valence-corrected chi connectivity index (χ0v) is 15.5. The summed E-state index contributed by atoms with van der Waals surface area (Å²) in [6, 6.07) is 18.3. The number of methoxy groups -OCH3 is 1. The summed E-state index contributed by atoms with van der Waals surface area (Å²) in [4.78, 5) is 6.74. The number of nitrogens with one attached hydrogen (secondary N) is 1. The van der Waals surface area contributed by atoms with Gasteiger partial charge in [0, 0.05) is 26.1 Å². The van der Waals surface area contributed by atoms with E-state index >= 15 is 0 Å². The molecule has 0 spiro atoms. The predicted molar refractivity (Wildman–Crippen MR) is 105 cm³/mol. The minimum Gasteiger partial charge on any atom is -0.497 e. The van der Waals surface area contributed by atoms with Gasteiger partial charge >= 0.3 is 0 Å². The summed E-state index contributed by atoms with van der Waals surface area (Å²) in [5.74, 6) is 3.27. The molecular weight excluding hydrogens is 326 g/mol. The second-order valence-corrected chi connectivity index (χ2v) is 6.34. The largest absolute Gasteiger partial charge is 0.497 e. The van der Waals surface area contributed by atoms with Crippen LogP contribution in [-0.2, 0) is 0 Å². The fraction of sp³-hybridized carbons (Fsp3) is 0.381. The highest BCUT2D eigenvalue weighted by Crippen LogP contribution is 2.28. The highest BCUT2D eigenvalue weighted by molar-refractivity contribution is 5.80. The molecule has 0 aromatic heterocycles. The average molecular weight is 353 g/mol. The highest BCUT2D eigenvalue weighted by Gasteiger charge is 2.25. The maximum absolute atomic E-state index is 5.73. The first-order chi connectivity index (χ1) is 12.8. The lowest BCUT2D eigenvalue weighted by Crippen LogP contribution is -2.41. The van der Waals surface area contributed by atoms with Crippen LogP contribution in [0.2, 0.25) is 0 Å². The standard InChI is InChI=1S/C21H27N3O2/c1-22-21(23-13-15-26-20-6-4-3-5-7-20)24-14-12-18(16-24)17-8-10-19(25-2)11-9-17/h3-11,18H,12-16H2,1-2H3,(H,22,23). The van der Waals surface area contributed by atoms with E-state index in [0.717, 1.165) is 43.5 Å². The predicted octanol–water partition coefficient (Wildman–Crippen LogP) is 3.14. The summed E-state index contributed by atoms with van der Waals surface area (Å²) < 4.78 is 11.0. The molecule has 0 amide bonds. The molecular formula is C21H27N3O2. The van der Waals surface area contributed by atoms with Gasteiger partial charge in [-0.3, -0.25) is 4.99 Å². The summed E-state index contributed by atoms with van der Waals surface area (Å²) in [6.45, 7) is 3.32. The molecule has 0 saturated carbocycles. The van der Waals surface area contributed by atoms with Crippen LogP contribution in [-0.4, -0.2) is 51.3 Å². The summed E-state index contributed by atoms with van der Waals surface area (Å²) in [7, 11) is 3.53. The van der Waals surface area contributed by atoms with E-state index in [1.54, 1.807) is 7.11 Å². The molecule has 3 rings (SSSR count). The third-order valence-corrected chi connectivity index (χ3v) is 4.68. The number of hydrogen-bond acceptors (Lipinski definition) is 3. The fourth-order valence-corrected chi connectivity index (χ4v) is 3.28. The third kappa shape index (κ3) is 4.69. The van der Waals surface area contributed by atoms with Crippen LogP contribution in [0, 0.1) is 0 Å².